The predicted octanol–water partition coefficient (Wildman–Crippen LogP) is 7.92. The number of benzene rings is 5. The first-order valence-electron chi connectivity index (χ1n) is 9.88. The normalized spacial score (nSPS) is 10.8. The summed E-state index contributed by atoms with van der Waals surface area (Å²) < 4.78 is 0. The third-order valence-electron chi connectivity index (χ3n) is 5.26. The highest BCUT2D eigenvalue weighted by Crippen LogP contribution is 2.37. The summed E-state index contributed by atoms with van der Waals surface area (Å²) in [5, 5.41) is 6.14. The molecule has 5 aromatic carbocycles. The number of nitrogens with one attached hydrogen (secondary N) is 1. The highest BCUT2D eigenvalue weighted by atomic mass is 14.9. The molecule has 0 amide bonds. The van der Waals surface area contributed by atoms with Gasteiger partial charge in [-0.05, 0) is 45.7 Å². The molecule has 0 unspecified atom stereocenters. The Morgan fingerprint density at radius 2 is 1.00 bits per heavy atom. The van der Waals surface area contributed by atoms with Gasteiger partial charge in [0.05, 0.1) is 0 Å². The molecule has 5 rings (SSSR count). The minimum absolute atomic E-state index is 1.08. The number of rotatable bonds is 4. The zero-order chi connectivity index (χ0) is 19.5. The van der Waals surface area contributed by atoms with Crippen LogP contribution in [0, 0.1) is 0 Å². The van der Waals surface area contributed by atoms with E-state index in [0.29, 0.717) is 0 Å². The van der Waals surface area contributed by atoms with Crippen molar-refractivity contribution in [2.24, 2.45) is 0 Å². The SMILES string of the molecule is c1ccc(-c2ccc(Nc3ccc4ccccc4c3-c3ccccc3)cc2)cc1. The lowest BCUT2D eigenvalue weighted by Gasteiger charge is -2.16. The van der Waals surface area contributed by atoms with E-state index in [-0.39, 0.29) is 0 Å². The molecule has 0 radical (unpaired) electrons. The molecule has 138 valence electrons. The highest BCUT2D eigenvalue weighted by molar-refractivity contribution is 6.03. The van der Waals surface area contributed by atoms with Crippen molar-refractivity contribution in [3.05, 3.63) is 121 Å². The van der Waals surface area contributed by atoms with E-state index in [2.05, 4.69) is 121 Å². The predicted molar refractivity (Wildman–Crippen MR) is 125 cm³/mol. The van der Waals surface area contributed by atoms with Crippen LogP contribution in [0.15, 0.2) is 121 Å². The number of fused-ring (bicyclic) bond motifs is 1. The molecule has 0 aliphatic heterocycles. The zero-order valence-corrected chi connectivity index (χ0v) is 16.0. The van der Waals surface area contributed by atoms with Gasteiger partial charge in [0.2, 0.25) is 0 Å². The molecular weight excluding hydrogens is 350 g/mol. The van der Waals surface area contributed by atoms with E-state index in [1.165, 1.54) is 33.0 Å². The number of hydrogen-bond acceptors (Lipinski definition) is 1. The Bertz CT molecular complexity index is 1240. The maximum atomic E-state index is 3.64. The molecule has 0 bridgehead atoms. The first-order valence-corrected chi connectivity index (χ1v) is 9.88. The van der Waals surface area contributed by atoms with E-state index in [1.807, 2.05) is 6.07 Å². The smallest absolute Gasteiger partial charge is 0.0470 e. The lowest BCUT2D eigenvalue weighted by Crippen LogP contribution is -1.94. The van der Waals surface area contributed by atoms with Crippen LogP contribution in [0.4, 0.5) is 11.4 Å². The van der Waals surface area contributed by atoms with Gasteiger partial charge in [-0.25, -0.2) is 0 Å². The molecule has 0 saturated heterocycles. The Kier molecular flexibility index (Phi) is 4.56. The van der Waals surface area contributed by atoms with Crippen molar-refractivity contribution in [1.82, 2.24) is 0 Å². The topological polar surface area (TPSA) is 12.0 Å². The summed E-state index contributed by atoms with van der Waals surface area (Å²) in [6.07, 6.45) is 0. The van der Waals surface area contributed by atoms with Crippen LogP contribution in [0.2, 0.25) is 0 Å². The van der Waals surface area contributed by atoms with Crippen LogP contribution in [0.25, 0.3) is 33.0 Å². The molecule has 0 aromatic heterocycles. The molecule has 0 heterocycles. The third kappa shape index (κ3) is 3.51. The Balaban J connectivity index is 1.56. The van der Waals surface area contributed by atoms with Gasteiger partial charge in [-0.3, -0.25) is 0 Å². The Hall–Kier alpha value is -3.84. The summed E-state index contributed by atoms with van der Waals surface area (Å²) in [6.45, 7) is 0. The molecule has 1 N–H and O–H groups in total. The van der Waals surface area contributed by atoms with E-state index >= 15 is 0 Å². The minimum atomic E-state index is 1.08. The van der Waals surface area contributed by atoms with Crippen LogP contribution < -0.4 is 5.32 Å². The van der Waals surface area contributed by atoms with Crippen LogP contribution in [0.1, 0.15) is 0 Å². The molecule has 0 aliphatic rings. The average molecular weight is 371 g/mol. The number of hydrogen-bond donors (Lipinski definition) is 1. The summed E-state index contributed by atoms with van der Waals surface area (Å²) in [7, 11) is 0. The van der Waals surface area contributed by atoms with Crippen LogP contribution in [0.5, 0.6) is 0 Å². The second-order valence-electron chi connectivity index (χ2n) is 7.14. The van der Waals surface area contributed by atoms with Crippen molar-refractivity contribution >= 4 is 22.1 Å². The second-order valence-corrected chi connectivity index (χ2v) is 7.14. The molecule has 0 aliphatic carbocycles. The van der Waals surface area contributed by atoms with Crippen molar-refractivity contribution in [2.45, 2.75) is 0 Å². The van der Waals surface area contributed by atoms with E-state index < -0.39 is 0 Å². The van der Waals surface area contributed by atoms with Gasteiger partial charge in [0.1, 0.15) is 0 Å². The van der Waals surface area contributed by atoms with Crippen LogP contribution in [-0.4, -0.2) is 0 Å². The average Bonchev–Trinajstić information content (AvgIpc) is 2.80. The summed E-state index contributed by atoms with van der Waals surface area (Å²) in [5.41, 5.74) is 7.09. The van der Waals surface area contributed by atoms with Crippen molar-refractivity contribution < 1.29 is 0 Å². The van der Waals surface area contributed by atoms with Gasteiger partial charge in [-0.1, -0.05) is 103 Å². The fourth-order valence-electron chi connectivity index (χ4n) is 3.82. The standard InChI is InChI=1S/C28H21N/c1-3-9-21(10-4-1)22-15-18-25(19-16-22)29-27-20-17-23-11-7-8-14-26(23)28(27)24-12-5-2-6-13-24/h1-20,29H. The fraction of sp³-hybridized carbons (Fsp3) is 0. The molecule has 29 heavy (non-hydrogen) atoms. The fourth-order valence-corrected chi connectivity index (χ4v) is 3.82. The van der Waals surface area contributed by atoms with Crippen molar-refractivity contribution in [2.75, 3.05) is 5.32 Å². The molecular formula is C28H21N. The van der Waals surface area contributed by atoms with Crippen molar-refractivity contribution in [3.8, 4) is 22.3 Å². The first kappa shape index (κ1) is 17.3. The van der Waals surface area contributed by atoms with Gasteiger partial charge in [0, 0.05) is 16.9 Å². The molecule has 0 atom stereocenters. The molecule has 1 heteroatoms. The third-order valence-corrected chi connectivity index (χ3v) is 5.26. The van der Waals surface area contributed by atoms with Crippen molar-refractivity contribution in [1.29, 1.82) is 0 Å². The lowest BCUT2D eigenvalue weighted by atomic mass is 9.96. The Labute approximate surface area is 171 Å². The van der Waals surface area contributed by atoms with E-state index in [0.717, 1.165) is 11.4 Å². The lowest BCUT2D eigenvalue weighted by molar-refractivity contribution is 1.54. The minimum Gasteiger partial charge on any atom is -0.355 e. The molecule has 5 aromatic rings. The van der Waals surface area contributed by atoms with Gasteiger partial charge in [0.25, 0.3) is 0 Å². The van der Waals surface area contributed by atoms with Crippen LogP contribution in [0.3, 0.4) is 0 Å². The molecule has 1 nitrogen and oxygen atoms in total. The zero-order valence-electron chi connectivity index (χ0n) is 16.0. The molecule has 0 saturated carbocycles. The maximum Gasteiger partial charge on any atom is 0.0470 e. The first-order chi connectivity index (χ1) is 14.4. The van der Waals surface area contributed by atoms with Gasteiger partial charge in [0.15, 0.2) is 0 Å². The Morgan fingerprint density at radius 3 is 1.72 bits per heavy atom. The van der Waals surface area contributed by atoms with E-state index in [9.17, 15) is 0 Å². The maximum absolute atomic E-state index is 3.64. The molecule has 0 fully saturated rings. The summed E-state index contributed by atoms with van der Waals surface area (Å²) in [4.78, 5) is 0. The van der Waals surface area contributed by atoms with Gasteiger partial charge >= 0.3 is 0 Å². The van der Waals surface area contributed by atoms with Crippen LogP contribution >= 0.6 is 0 Å². The highest BCUT2D eigenvalue weighted by Gasteiger charge is 2.10. The van der Waals surface area contributed by atoms with Gasteiger partial charge in [-0.2, -0.15) is 0 Å². The summed E-state index contributed by atoms with van der Waals surface area (Å²) in [5.74, 6) is 0. The van der Waals surface area contributed by atoms with Gasteiger partial charge in [-0.15, -0.1) is 0 Å². The van der Waals surface area contributed by atoms with Crippen molar-refractivity contribution in [3.63, 3.8) is 0 Å². The molecule has 0 spiro atoms. The second kappa shape index (κ2) is 7.65. The van der Waals surface area contributed by atoms with E-state index in [1.54, 1.807) is 0 Å². The monoisotopic (exact) mass is 371 g/mol. The Morgan fingerprint density at radius 1 is 0.414 bits per heavy atom. The van der Waals surface area contributed by atoms with Crippen LogP contribution in [-0.2, 0) is 0 Å². The van der Waals surface area contributed by atoms with Gasteiger partial charge < -0.3 is 5.32 Å². The summed E-state index contributed by atoms with van der Waals surface area (Å²) in [6, 6.07) is 42.6. The number of anilines is 2. The quantitative estimate of drug-likeness (QED) is 0.338. The largest absolute Gasteiger partial charge is 0.355 e. The summed E-state index contributed by atoms with van der Waals surface area (Å²) >= 11 is 0. The van der Waals surface area contributed by atoms with E-state index in [4.69, 9.17) is 0 Å².